The number of rotatable bonds is 6. The van der Waals surface area contributed by atoms with Crippen molar-refractivity contribution in [2.45, 2.75) is 57.3 Å². The second kappa shape index (κ2) is 9.15. The van der Waals surface area contributed by atoms with Crippen molar-refractivity contribution in [2.24, 2.45) is 0 Å². The van der Waals surface area contributed by atoms with Gasteiger partial charge in [-0.25, -0.2) is 0 Å². The summed E-state index contributed by atoms with van der Waals surface area (Å²) in [5, 5.41) is 11.2. The van der Waals surface area contributed by atoms with Gasteiger partial charge in [-0.15, -0.1) is 0 Å². The number of nitrogens with one attached hydrogen (secondary N) is 2. The molecule has 0 aliphatic carbocycles. The van der Waals surface area contributed by atoms with Crippen LogP contribution in [-0.4, -0.2) is 44.1 Å². The van der Waals surface area contributed by atoms with E-state index in [1.54, 1.807) is 13.1 Å². The number of benzene rings is 2. The molecule has 6 rings (SSSR count). The first-order chi connectivity index (χ1) is 17.1. The molecule has 178 valence electrons. The fraction of sp³-hybridized carbons (Fsp3) is 0.321. The first-order valence-corrected chi connectivity index (χ1v) is 12.3. The maximum absolute atomic E-state index is 11.5. The van der Waals surface area contributed by atoms with Crippen molar-refractivity contribution in [3.63, 3.8) is 0 Å². The number of fused-ring (bicyclic) bond motifs is 3. The zero-order valence-corrected chi connectivity index (χ0v) is 19.8. The SMILES string of the molecule is CC(=O)NC1CC2CCC(C1)N2Cc1ccc2cc(Oc3ccc(-c4ccn[nH]4)cc3)ccc2n1. The minimum atomic E-state index is 0.0774. The van der Waals surface area contributed by atoms with Crippen molar-refractivity contribution in [3.05, 3.63) is 72.6 Å². The van der Waals surface area contributed by atoms with Crippen molar-refractivity contribution in [1.82, 2.24) is 25.4 Å². The van der Waals surface area contributed by atoms with Crippen LogP contribution in [0.1, 0.15) is 38.3 Å². The van der Waals surface area contributed by atoms with E-state index in [0.717, 1.165) is 58.7 Å². The summed E-state index contributed by atoms with van der Waals surface area (Å²) < 4.78 is 6.09. The Morgan fingerprint density at radius 2 is 1.80 bits per heavy atom. The molecule has 2 aromatic carbocycles. The van der Waals surface area contributed by atoms with Crippen LogP contribution in [0, 0.1) is 0 Å². The Bertz CT molecular complexity index is 1320. The van der Waals surface area contributed by atoms with Gasteiger partial charge in [0.05, 0.1) is 16.9 Å². The summed E-state index contributed by atoms with van der Waals surface area (Å²) in [7, 11) is 0. The molecule has 4 heterocycles. The normalized spacial score (nSPS) is 21.8. The third-order valence-electron chi connectivity index (χ3n) is 7.26. The predicted octanol–water partition coefficient (Wildman–Crippen LogP) is 5.05. The number of piperidine rings is 1. The second-order valence-electron chi connectivity index (χ2n) is 9.68. The lowest BCUT2D eigenvalue weighted by Crippen LogP contribution is -2.49. The number of carbonyl (C=O) groups is 1. The quantitative estimate of drug-likeness (QED) is 0.415. The number of hydrogen-bond donors (Lipinski definition) is 2. The number of nitrogens with zero attached hydrogens (tertiary/aromatic N) is 3. The van der Waals surface area contributed by atoms with E-state index in [1.807, 2.05) is 48.5 Å². The fourth-order valence-corrected chi connectivity index (χ4v) is 5.68. The summed E-state index contributed by atoms with van der Waals surface area (Å²) in [5.74, 6) is 1.66. The average Bonchev–Trinajstić information content (AvgIpc) is 3.46. The Balaban J connectivity index is 1.13. The average molecular weight is 468 g/mol. The van der Waals surface area contributed by atoms with Gasteiger partial charge in [-0.1, -0.05) is 6.07 Å². The maximum atomic E-state index is 11.5. The minimum absolute atomic E-state index is 0.0774. The highest BCUT2D eigenvalue weighted by molar-refractivity contribution is 5.80. The molecule has 4 aromatic rings. The number of carbonyl (C=O) groups excluding carboxylic acids is 1. The highest BCUT2D eigenvalue weighted by Gasteiger charge is 2.40. The van der Waals surface area contributed by atoms with Gasteiger partial charge < -0.3 is 10.1 Å². The van der Waals surface area contributed by atoms with Gasteiger partial charge in [0.1, 0.15) is 11.5 Å². The summed E-state index contributed by atoms with van der Waals surface area (Å²) in [5.41, 5.74) is 4.12. The molecule has 2 N–H and O–H groups in total. The van der Waals surface area contributed by atoms with E-state index >= 15 is 0 Å². The summed E-state index contributed by atoms with van der Waals surface area (Å²) in [6, 6.07) is 21.6. The van der Waals surface area contributed by atoms with Crippen LogP contribution in [0.25, 0.3) is 22.2 Å². The molecule has 1 amide bonds. The smallest absolute Gasteiger partial charge is 0.217 e. The lowest BCUT2D eigenvalue weighted by atomic mass is 9.97. The Labute approximate surface area is 204 Å². The Morgan fingerprint density at radius 3 is 2.51 bits per heavy atom. The zero-order valence-electron chi connectivity index (χ0n) is 19.8. The number of amides is 1. The van der Waals surface area contributed by atoms with Gasteiger partial charge in [-0.3, -0.25) is 19.8 Å². The van der Waals surface area contributed by atoms with Crippen molar-refractivity contribution in [3.8, 4) is 22.8 Å². The Morgan fingerprint density at radius 1 is 1.03 bits per heavy atom. The summed E-state index contributed by atoms with van der Waals surface area (Å²) in [6.07, 6.45) is 6.23. The molecule has 2 atom stereocenters. The predicted molar refractivity (Wildman–Crippen MR) is 135 cm³/mol. The lowest BCUT2D eigenvalue weighted by molar-refractivity contribution is -0.120. The Kier molecular flexibility index (Phi) is 5.70. The molecule has 0 spiro atoms. The topological polar surface area (TPSA) is 83.1 Å². The largest absolute Gasteiger partial charge is 0.457 e. The van der Waals surface area contributed by atoms with Crippen LogP contribution in [0.2, 0.25) is 0 Å². The van der Waals surface area contributed by atoms with Gasteiger partial charge in [0, 0.05) is 43.2 Å². The maximum Gasteiger partial charge on any atom is 0.217 e. The molecule has 2 aliphatic rings. The summed E-state index contributed by atoms with van der Waals surface area (Å²) in [6.45, 7) is 2.47. The standard InChI is InChI=1S/C28H29N5O2/c1-18(34)30-22-15-23-6-7-24(16-22)33(23)17-21-5-2-20-14-26(10-11-27(20)31-21)35-25-8-3-19(4-9-25)28-12-13-29-32-28/h2-5,8-14,22-24H,6-7,15-17H2,1H3,(H,29,32)(H,30,34). The number of aromatic amines is 1. The van der Waals surface area contributed by atoms with Gasteiger partial charge in [-0.05, 0) is 85.8 Å². The number of ether oxygens (including phenoxy) is 1. The van der Waals surface area contributed by atoms with Crippen molar-refractivity contribution < 1.29 is 9.53 Å². The molecule has 7 nitrogen and oxygen atoms in total. The first-order valence-electron chi connectivity index (χ1n) is 12.3. The minimum Gasteiger partial charge on any atom is -0.457 e. The molecule has 0 radical (unpaired) electrons. The van der Waals surface area contributed by atoms with Crippen LogP contribution < -0.4 is 10.1 Å². The van der Waals surface area contributed by atoms with Crippen LogP contribution in [-0.2, 0) is 11.3 Å². The Hall–Kier alpha value is -3.71. The summed E-state index contributed by atoms with van der Waals surface area (Å²) >= 11 is 0. The van der Waals surface area contributed by atoms with Gasteiger partial charge in [0.15, 0.2) is 0 Å². The molecule has 2 aliphatic heterocycles. The second-order valence-corrected chi connectivity index (χ2v) is 9.68. The number of H-pyrrole nitrogens is 1. The summed E-state index contributed by atoms with van der Waals surface area (Å²) in [4.78, 5) is 19.0. The molecule has 35 heavy (non-hydrogen) atoms. The van der Waals surface area contributed by atoms with E-state index in [4.69, 9.17) is 9.72 Å². The molecule has 2 saturated heterocycles. The number of pyridine rings is 1. The lowest BCUT2D eigenvalue weighted by Gasteiger charge is -2.38. The molecule has 2 bridgehead atoms. The van der Waals surface area contributed by atoms with E-state index in [-0.39, 0.29) is 5.91 Å². The van der Waals surface area contributed by atoms with E-state index in [0.29, 0.717) is 18.1 Å². The van der Waals surface area contributed by atoms with E-state index in [1.165, 1.54) is 12.8 Å². The van der Waals surface area contributed by atoms with Gasteiger partial charge in [0.2, 0.25) is 5.91 Å². The van der Waals surface area contributed by atoms with E-state index < -0.39 is 0 Å². The first kappa shape index (κ1) is 21.8. The monoisotopic (exact) mass is 467 g/mol. The molecular formula is C28H29N5O2. The number of aromatic nitrogens is 3. The molecule has 0 saturated carbocycles. The van der Waals surface area contributed by atoms with Crippen LogP contribution in [0.3, 0.4) is 0 Å². The molecule has 2 aromatic heterocycles. The third kappa shape index (κ3) is 4.64. The van der Waals surface area contributed by atoms with Gasteiger partial charge in [0.25, 0.3) is 0 Å². The van der Waals surface area contributed by atoms with Crippen LogP contribution in [0.15, 0.2) is 66.9 Å². The third-order valence-corrected chi connectivity index (χ3v) is 7.26. The van der Waals surface area contributed by atoms with Crippen LogP contribution >= 0.6 is 0 Å². The van der Waals surface area contributed by atoms with Crippen molar-refractivity contribution in [1.29, 1.82) is 0 Å². The zero-order chi connectivity index (χ0) is 23.8. The van der Waals surface area contributed by atoms with Crippen LogP contribution in [0.5, 0.6) is 11.5 Å². The van der Waals surface area contributed by atoms with Gasteiger partial charge >= 0.3 is 0 Å². The highest BCUT2D eigenvalue weighted by atomic mass is 16.5. The molecule has 2 fully saturated rings. The van der Waals surface area contributed by atoms with E-state index in [9.17, 15) is 4.79 Å². The van der Waals surface area contributed by atoms with Crippen molar-refractivity contribution in [2.75, 3.05) is 0 Å². The molecule has 7 heteroatoms. The van der Waals surface area contributed by atoms with Crippen LogP contribution in [0.4, 0.5) is 0 Å². The number of hydrogen-bond acceptors (Lipinski definition) is 5. The van der Waals surface area contributed by atoms with E-state index in [2.05, 4.69) is 32.5 Å². The van der Waals surface area contributed by atoms with Gasteiger partial charge in [-0.2, -0.15) is 5.10 Å². The molecular weight excluding hydrogens is 438 g/mol. The van der Waals surface area contributed by atoms with Crippen molar-refractivity contribution >= 4 is 16.8 Å². The molecule has 2 unspecified atom stereocenters. The highest BCUT2D eigenvalue weighted by Crippen LogP contribution is 2.37. The fourth-order valence-electron chi connectivity index (χ4n) is 5.68.